The Hall–Kier alpha value is -4.30. The molecule has 0 spiro atoms. The predicted octanol–water partition coefficient (Wildman–Crippen LogP) is 4.26. The lowest BCUT2D eigenvalue weighted by Gasteiger charge is -2.32. The Bertz CT molecular complexity index is 1410. The van der Waals surface area contributed by atoms with Crippen molar-refractivity contribution in [2.45, 2.75) is 50.8 Å². The van der Waals surface area contributed by atoms with Crippen LogP contribution >= 0.6 is 0 Å². The number of pyridine rings is 1. The third-order valence-corrected chi connectivity index (χ3v) is 6.98. The molecule has 0 radical (unpaired) electrons. The van der Waals surface area contributed by atoms with E-state index in [9.17, 15) is 14.7 Å². The molecule has 0 saturated heterocycles. The number of carbonyl (C=O) groups is 2. The number of aliphatic hydroxyl groups excluding tert-OH is 1. The van der Waals surface area contributed by atoms with Crippen molar-refractivity contribution in [3.05, 3.63) is 114 Å². The fourth-order valence-corrected chi connectivity index (χ4v) is 4.93. The topological polar surface area (TPSA) is 111 Å². The van der Waals surface area contributed by atoms with E-state index >= 15 is 0 Å². The largest absolute Gasteiger partial charge is 0.386 e. The first-order valence-electron chi connectivity index (χ1n) is 12.6. The van der Waals surface area contributed by atoms with Gasteiger partial charge in [0.1, 0.15) is 11.7 Å². The lowest BCUT2D eigenvalue weighted by Crippen LogP contribution is -2.48. The summed E-state index contributed by atoms with van der Waals surface area (Å²) in [7, 11) is 0. The first-order valence-corrected chi connectivity index (χ1v) is 12.6. The second-order valence-electron chi connectivity index (χ2n) is 10.6. The lowest BCUT2D eigenvalue weighted by atomic mass is 9.87. The van der Waals surface area contributed by atoms with Crippen molar-refractivity contribution in [3.8, 4) is 0 Å². The van der Waals surface area contributed by atoms with Gasteiger partial charge in [-0.05, 0) is 46.7 Å². The number of carbonyl (C=O) groups excluding carboxylic acids is 2. The lowest BCUT2D eigenvalue weighted by molar-refractivity contribution is -0.124. The van der Waals surface area contributed by atoms with Crippen LogP contribution in [0.1, 0.15) is 65.7 Å². The van der Waals surface area contributed by atoms with Crippen LogP contribution in [0.15, 0.2) is 85.6 Å². The molecule has 3 N–H and O–H groups in total. The number of nitrogens with one attached hydrogen (secondary N) is 2. The molecule has 38 heavy (non-hydrogen) atoms. The molecule has 5 rings (SSSR count). The number of amides is 2. The monoisotopic (exact) mass is 509 g/mol. The molecule has 0 bridgehead atoms. The highest BCUT2D eigenvalue weighted by molar-refractivity contribution is 6.09. The summed E-state index contributed by atoms with van der Waals surface area (Å²) in [6.07, 6.45) is 5.79. The van der Waals surface area contributed by atoms with Crippen molar-refractivity contribution < 1.29 is 14.7 Å². The number of aromatic nitrogens is 3. The Balaban J connectivity index is 1.55. The van der Waals surface area contributed by atoms with Gasteiger partial charge in [-0.25, -0.2) is 4.98 Å². The number of imidazole rings is 1. The molecule has 2 aromatic carbocycles. The van der Waals surface area contributed by atoms with Gasteiger partial charge in [-0.2, -0.15) is 0 Å². The SMILES string of the molecule is CC(C)(C)c1ccc(N(C(=O)c2c[nH]cn2)C(C(=O)N[C@H]2Cc3ccccc3[C@@H]2O)c2cccnc2)cc1. The standard InChI is InChI=1S/C30H31N5O3/c1-30(2,3)21-10-12-22(13-11-21)35(29(38)25-17-32-18-33-25)26(20-8-6-14-31-16-20)28(37)34-24-15-19-7-4-5-9-23(19)27(24)36/h4-14,16-18,24,26-27,36H,15H2,1-3H3,(H,32,33)(H,34,37)/t24-,26?,27-/m0/s1. The average molecular weight is 510 g/mol. The van der Waals surface area contributed by atoms with E-state index in [1.807, 2.05) is 48.5 Å². The summed E-state index contributed by atoms with van der Waals surface area (Å²) in [5.41, 5.74) is 4.08. The Morgan fingerprint density at radius 1 is 1.08 bits per heavy atom. The maximum atomic E-state index is 14.0. The van der Waals surface area contributed by atoms with Crippen molar-refractivity contribution in [3.63, 3.8) is 0 Å². The minimum absolute atomic E-state index is 0.0801. The minimum Gasteiger partial charge on any atom is -0.386 e. The third kappa shape index (κ3) is 4.95. The van der Waals surface area contributed by atoms with E-state index in [0.29, 0.717) is 17.7 Å². The first-order chi connectivity index (χ1) is 18.2. The van der Waals surface area contributed by atoms with Gasteiger partial charge in [0.15, 0.2) is 0 Å². The van der Waals surface area contributed by atoms with Gasteiger partial charge in [0.05, 0.1) is 18.5 Å². The Kier molecular flexibility index (Phi) is 6.82. The normalized spacial score (nSPS) is 17.5. The second kappa shape index (κ2) is 10.2. The fraction of sp³-hybridized carbons (Fsp3) is 0.267. The number of nitrogens with zero attached hydrogens (tertiary/aromatic N) is 3. The van der Waals surface area contributed by atoms with Crippen molar-refractivity contribution in [2.75, 3.05) is 4.90 Å². The van der Waals surface area contributed by atoms with Crippen molar-refractivity contribution in [1.82, 2.24) is 20.3 Å². The van der Waals surface area contributed by atoms with Gasteiger partial charge in [-0.15, -0.1) is 0 Å². The van der Waals surface area contributed by atoms with Crippen LogP contribution in [0.5, 0.6) is 0 Å². The highest BCUT2D eigenvalue weighted by atomic mass is 16.3. The van der Waals surface area contributed by atoms with Gasteiger partial charge in [0.2, 0.25) is 5.91 Å². The van der Waals surface area contributed by atoms with E-state index in [1.165, 1.54) is 17.4 Å². The summed E-state index contributed by atoms with van der Waals surface area (Å²) in [4.78, 5) is 40.6. The van der Waals surface area contributed by atoms with Crippen LogP contribution in [0, 0.1) is 0 Å². The number of rotatable bonds is 6. The molecular formula is C30H31N5O3. The van der Waals surface area contributed by atoms with Crippen molar-refractivity contribution in [2.24, 2.45) is 0 Å². The Morgan fingerprint density at radius 2 is 1.84 bits per heavy atom. The fourth-order valence-electron chi connectivity index (χ4n) is 4.93. The molecule has 0 aliphatic heterocycles. The smallest absolute Gasteiger partial charge is 0.279 e. The molecule has 194 valence electrons. The quantitative estimate of drug-likeness (QED) is 0.360. The van der Waals surface area contributed by atoms with E-state index in [1.54, 1.807) is 24.5 Å². The van der Waals surface area contributed by atoms with Crippen molar-refractivity contribution in [1.29, 1.82) is 0 Å². The molecule has 1 aliphatic carbocycles. The molecule has 1 aliphatic rings. The van der Waals surface area contributed by atoms with Gasteiger partial charge < -0.3 is 15.4 Å². The Morgan fingerprint density at radius 3 is 2.47 bits per heavy atom. The van der Waals surface area contributed by atoms with E-state index in [4.69, 9.17) is 0 Å². The van der Waals surface area contributed by atoms with E-state index < -0.39 is 30.0 Å². The summed E-state index contributed by atoms with van der Waals surface area (Å²) < 4.78 is 0. The zero-order valence-corrected chi connectivity index (χ0v) is 21.6. The Labute approximate surface area is 221 Å². The van der Waals surface area contributed by atoms with Crippen LogP contribution in [0.25, 0.3) is 0 Å². The summed E-state index contributed by atoms with van der Waals surface area (Å²) in [6.45, 7) is 6.35. The van der Waals surface area contributed by atoms with Gasteiger partial charge in [-0.1, -0.05) is 63.2 Å². The van der Waals surface area contributed by atoms with Crippen LogP contribution in [0.4, 0.5) is 5.69 Å². The molecular weight excluding hydrogens is 478 g/mol. The number of aromatic amines is 1. The van der Waals surface area contributed by atoms with Gasteiger partial charge in [0, 0.05) is 29.8 Å². The predicted molar refractivity (Wildman–Crippen MR) is 145 cm³/mol. The van der Waals surface area contributed by atoms with Crippen LogP contribution in [-0.4, -0.2) is 37.9 Å². The summed E-state index contributed by atoms with van der Waals surface area (Å²) >= 11 is 0. The summed E-state index contributed by atoms with van der Waals surface area (Å²) in [5.74, 6) is -0.854. The van der Waals surface area contributed by atoms with Crippen LogP contribution in [-0.2, 0) is 16.6 Å². The molecule has 2 aromatic heterocycles. The van der Waals surface area contributed by atoms with Gasteiger partial charge >= 0.3 is 0 Å². The maximum absolute atomic E-state index is 14.0. The molecule has 3 atom stereocenters. The summed E-state index contributed by atoms with van der Waals surface area (Å²) in [5, 5.41) is 14.0. The molecule has 2 heterocycles. The molecule has 8 heteroatoms. The van der Waals surface area contributed by atoms with E-state index in [-0.39, 0.29) is 11.1 Å². The second-order valence-corrected chi connectivity index (χ2v) is 10.6. The maximum Gasteiger partial charge on any atom is 0.279 e. The zero-order valence-electron chi connectivity index (χ0n) is 21.6. The van der Waals surface area contributed by atoms with Crippen LogP contribution < -0.4 is 10.2 Å². The highest BCUT2D eigenvalue weighted by Gasteiger charge is 2.38. The van der Waals surface area contributed by atoms with Gasteiger partial charge in [-0.3, -0.25) is 19.5 Å². The van der Waals surface area contributed by atoms with Crippen LogP contribution in [0.3, 0.4) is 0 Å². The minimum atomic E-state index is -1.05. The number of benzene rings is 2. The molecule has 4 aromatic rings. The van der Waals surface area contributed by atoms with E-state index in [2.05, 4.69) is 41.0 Å². The van der Waals surface area contributed by atoms with Gasteiger partial charge in [0.25, 0.3) is 5.91 Å². The number of hydrogen-bond donors (Lipinski definition) is 3. The molecule has 8 nitrogen and oxygen atoms in total. The molecule has 1 unspecified atom stereocenters. The number of H-pyrrole nitrogens is 1. The third-order valence-electron chi connectivity index (χ3n) is 6.98. The van der Waals surface area contributed by atoms with E-state index in [0.717, 1.165) is 16.7 Å². The average Bonchev–Trinajstić information content (AvgIpc) is 3.56. The number of fused-ring (bicyclic) bond motifs is 1. The van der Waals surface area contributed by atoms with Crippen LogP contribution in [0.2, 0.25) is 0 Å². The van der Waals surface area contributed by atoms with Crippen molar-refractivity contribution >= 4 is 17.5 Å². The molecule has 2 amide bonds. The number of anilines is 1. The first kappa shape index (κ1) is 25.4. The zero-order chi connectivity index (χ0) is 26.9. The highest BCUT2D eigenvalue weighted by Crippen LogP contribution is 2.34. The molecule has 0 saturated carbocycles. The number of aliphatic hydroxyl groups is 1. The number of hydrogen-bond acceptors (Lipinski definition) is 5. The summed E-state index contributed by atoms with van der Waals surface area (Å²) in [6, 6.07) is 17.2. The molecule has 0 fully saturated rings.